The van der Waals surface area contributed by atoms with Crippen molar-refractivity contribution < 1.29 is 4.79 Å². The van der Waals surface area contributed by atoms with Crippen molar-refractivity contribution in [3.8, 4) is 11.3 Å². The van der Waals surface area contributed by atoms with Crippen LogP contribution in [-0.2, 0) is 0 Å². The van der Waals surface area contributed by atoms with E-state index >= 15 is 0 Å². The molecule has 5 nitrogen and oxygen atoms in total. The predicted octanol–water partition coefficient (Wildman–Crippen LogP) is 1.81. The second kappa shape index (κ2) is 4.20. The Morgan fingerprint density at radius 3 is 2.68 bits per heavy atom. The number of aldehydes is 1. The van der Waals surface area contributed by atoms with Crippen molar-refractivity contribution in [1.29, 1.82) is 0 Å². The summed E-state index contributed by atoms with van der Waals surface area (Å²) in [5.74, 6) is 0. The molecular formula is C14H11N3O2. The van der Waals surface area contributed by atoms with Crippen molar-refractivity contribution in [3.05, 3.63) is 58.1 Å². The molecule has 5 heteroatoms. The maximum Gasteiger partial charge on any atom is 0.274 e. The first-order valence-electron chi connectivity index (χ1n) is 5.83. The molecule has 0 saturated carbocycles. The van der Waals surface area contributed by atoms with E-state index in [1.165, 1.54) is 10.7 Å². The summed E-state index contributed by atoms with van der Waals surface area (Å²) in [5.41, 5.74) is 2.72. The number of aromatic nitrogens is 3. The number of aryl methyl sites for hydroxylation is 1. The largest absolute Gasteiger partial charge is 0.326 e. The summed E-state index contributed by atoms with van der Waals surface area (Å²) in [6.45, 7) is 1.98. The number of H-pyrrole nitrogens is 1. The van der Waals surface area contributed by atoms with E-state index in [0.717, 1.165) is 11.1 Å². The van der Waals surface area contributed by atoms with Crippen LogP contribution in [0.15, 0.2) is 41.5 Å². The molecule has 1 aromatic carbocycles. The molecule has 2 heterocycles. The van der Waals surface area contributed by atoms with Gasteiger partial charge in [0.05, 0.1) is 5.56 Å². The van der Waals surface area contributed by atoms with Crippen molar-refractivity contribution in [2.24, 2.45) is 0 Å². The van der Waals surface area contributed by atoms with Gasteiger partial charge >= 0.3 is 0 Å². The molecule has 0 atom stereocenters. The van der Waals surface area contributed by atoms with Gasteiger partial charge in [-0.1, -0.05) is 29.8 Å². The van der Waals surface area contributed by atoms with Crippen LogP contribution in [0.25, 0.3) is 16.8 Å². The lowest BCUT2D eigenvalue weighted by Crippen LogP contribution is -2.09. The minimum absolute atomic E-state index is 0.271. The summed E-state index contributed by atoms with van der Waals surface area (Å²) in [4.78, 5) is 25.6. The fourth-order valence-corrected chi connectivity index (χ4v) is 2.07. The van der Waals surface area contributed by atoms with Gasteiger partial charge in [0.15, 0.2) is 6.29 Å². The third-order valence-corrected chi connectivity index (χ3v) is 3.04. The van der Waals surface area contributed by atoms with Gasteiger partial charge < -0.3 is 4.98 Å². The normalized spacial score (nSPS) is 10.8. The molecule has 2 aromatic heterocycles. The maximum absolute atomic E-state index is 11.8. The van der Waals surface area contributed by atoms with Gasteiger partial charge in [0.1, 0.15) is 11.2 Å². The molecular weight excluding hydrogens is 242 g/mol. The van der Waals surface area contributed by atoms with Crippen LogP contribution in [0.2, 0.25) is 0 Å². The van der Waals surface area contributed by atoms with Crippen LogP contribution in [0.3, 0.4) is 0 Å². The van der Waals surface area contributed by atoms with Gasteiger partial charge in [0, 0.05) is 18.0 Å². The quantitative estimate of drug-likeness (QED) is 0.708. The van der Waals surface area contributed by atoms with Crippen LogP contribution in [0, 0.1) is 6.92 Å². The summed E-state index contributed by atoms with van der Waals surface area (Å²) in [7, 11) is 0. The van der Waals surface area contributed by atoms with Gasteiger partial charge in [-0.15, -0.1) is 0 Å². The number of hydrogen-bond donors (Lipinski definition) is 1. The van der Waals surface area contributed by atoms with Crippen molar-refractivity contribution in [3.63, 3.8) is 0 Å². The van der Waals surface area contributed by atoms with E-state index in [4.69, 9.17) is 0 Å². The third-order valence-electron chi connectivity index (χ3n) is 3.04. The maximum atomic E-state index is 11.8. The highest BCUT2D eigenvalue weighted by molar-refractivity contribution is 5.94. The third kappa shape index (κ3) is 1.76. The molecule has 0 spiro atoms. The van der Waals surface area contributed by atoms with E-state index in [1.807, 2.05) is 31.2 Å². The van der Waals surface area contributed by atoms with Crippen molar-refractivity contribution in [2.45, 2.75) is 6.92 Å². The number of nitrogens with one attached hydrogen (secondary N) is 1. The standard InChI is InChI=1S/C14H11N3O2/c1-9-2-4-10(5-3-9)12-11(8-18)13-14(19)15-6-7-17(13)16-12/h2-8H,1H3,(H,15,19). The molecule has 0 aliphatic heterocycles. The van der Waals surface area contributed by atoms with Gasteiger partial charge in [-0.25, -0.2) is 4.52 Å². The van der Waals surface area contributed by atoms with Crippen LogP contribution in [-0.4, -0.2) is 20.9 Å². The Morgan fingerprint density at radius 2 is 2.00 bits per heavy atom. The number of fused-ring (bicyclic) bond motifs is 1. The van der Waals surface area contributed by atoms with Gasteiger partial charge in [0.2, 0.25) is 0 Å². The molecule has 94 valence electrons. The Morgan fingerprint density at radius 1 is 1.26 bits per heavy atom. The van der Waals surface area contributed by atoms with E-state index in [-0.39, 0.29) is 11.1 Å². The first-order chi connectivity index (χ1) is 9.20. The first-order valence-corrected chi connectivity index (χ1v) is 5.83. The highest BCUT2D eigenvalue weighted by Gasteiger charge is 2.15. The van der Waals surface area contributed by atoms with Crippen LogP contribution in [0.4, 0.5) is 0 Å². The van der Waals surface area contributed by atoms with E-state index in [2.05, 4.69) is 10.1 Å². The van der Waals surface area contributed by atoms with Crippen molar-refractivity contribution in [1.82, 2.24) is 14.6 Å². The Labute approximate surface area is 108 Å². The van der Waals surface area contributed by atoms with Gasteiger partial charge in [-0.05, 0) is 6.92 Å². The molecule has 1 N–H and O–H groups in total. The smallest absolute Gasteiger partial charge is 0.274 e. The second-order valence-corrected chi connectivity index (χ2v) is 4.33. The molecule has 3 aromatic rings. The number of hydrogen-bond acceptors (Lipinski definition) is 3. The monoisotopic (exact) mass is 253 g/mol. The molecule has 0 saturated heterocycles. The molecule has 0 amide bonds. The summed E-state index contributed by atoms with van der Waals surface area (Å²) in [5, 5.41) is 4.31. The van der Waals surface area contributed by atoms with Crippen LogP contribution in [0.1, 0.15) is 15.9 Å². The zero-order valence-corrected chi connectivity index (χ0v) is 10.3. The average Bonchev–Trinajstić information content (AvgIpc) is 2.79. The fraction of sp³-hybridized carbons (Fsp3) is 0.0714. The van der Waals surface area contributed by atoms with E-state index < -0.39 is 0 Å². The lowest BCUT2D eigenvalue weighted by atomic mass is 10.1. The molecule has 0 radical (unpaired) electrons. The summed E-state index contributed by atoms with van der Waals surface area (Å²) in [6.07, 6.45) is 3.78. The molecule has 0 fully saturated rings. The number of rotatable bonds is 2. The number of carbonyl (C=O) groups excluding carboxylic acids is 1. The number of carbonyl (C=O) groups is 1. The second-order valence-electron chi connectivity index (χ2n) is 4.33. The minimum Gasteiger partial charge on any atom is -0.326 e. The van der Waals surface area contributed by atoms with Gasteiger partial charge in [-0.3, -0.25) is 9.59 Å². The van der Waals surface area contributed by atoms with Gasteiger partial charge in [0.25, 0.3) is 5.56 Å². The Bertz CT molecular complexity index is 813. The highest BCUT2D eigenvalue weighted by atomic mass is 16.1. The molecule has 0 aliphatic carbocycles. The number of nitrogens with zero attached hydrogens (tertiary/aromatic N) is 2. The lowest BCUT2D eigenvalue weighted by Gasteiger charge is -1.98. The van der Waals surface area contributed by atoms with Gasteiger partial charge in [-0.2, -0.15) is 5.10 Å². The van der Waals surface area contributed by atoms with E-state index in [1.54, 1.807) is 6.20 Å². The topological polar surface area (TPSA) is 67.2 Å². The number of benzene rings is 1. The summed E-state index contributed by atoms with van der Waals surface area (Å²) < 4.78 is 1.43. The average molecular weight is 253 g/mol. The first kappa shape index (κ1) is 11.4. The zero-order chi connectivity index (χ0) is 13.4. The molecule has 0 bridgehead atoms. The Balaban J connectivity index is 2.35. The Kier molecular flexibility index (Phi) is 2.52. The Hall–Kier alpha value is -2.69. The zero-order valence-electron chi connectivity index (χ0n) is 10.3. The molecule has 0 aliphatic rings. The van der Waals surface area contributed by atoms with Crippen LogP contribution < -0.4 is 5.56 Å². The van der Waals surface area contributed by atoms with Crippen molar-refractivity contribution >= 4 is 11.8 Å². The van der Waals surface area contributed by atoms with E-state index in [9.17, 15) is 9.59 Å². The molecule has 19 heavy (non-hydrogen) atoms. The van der Waals surface area contributed by atoms with Crippen molar-refractivity contribution in [2.75, 3.05) is 0 Å². The molecule has 0 unspecified atom stereocenters. The van der Waals surface area contributed by atoms with E-state index in [0.29, 0.717) is 17.5 Å². The van der Waals surface area contributed by atoms with Crippen LogP contribution in [0.5, 0.6) is 0 Å². The SMILES string of the molecule is Cc1ccc(-c2nn3cc[nH]c(=O)c3c2C=O)cc1. The fourth-order valence-electron chi connectivity index (χ4n) is 2.07. The summed E-state index contributed by atoms with van der Waals surface area (Å²) >= 11 is 0. The summed E-state index contributed by atoms with van der Waals surface area (Å²) in [6, 6.07) is 7.66. The number of aromatic amines is 1. The highest BCUT2D eigenvalue weighted by Crippen LogP contribution is 2.23. The van der Waals surface area contributed by atoms with Crippen LogP contribution >= 0.6 is 0 Å². The molecule has 3 rings (SSSR count). The minimum atomic E-state index is -0.324. The lowest BCUT2D eigenvalue weighted by molar-refractivity contribution is 0.112. The predicted molar refractivity (Wildman–Crippen MR) is 71.4 cm³/mol.